The first-order valence-electron chi connectivity index (χ1n) is 9.45. The molecule has 146 valence electrons. The maximum atomic E-state index is 12.3. The van der Waals surface area contributed by atoms with Crippen molar-refractivity contribution < 1.29 is 14.4 Å². The Morgan fingerprint density at radius 3 is 2.14 bits per heavy atom. The van der Waals surface area contributed by atoms with Gasteiger partial charge in [-0.05, 0) is 74.6 Å². The molecular weight excluding hydrogens is 354 g/mol. The molecule has 0 saturated carbocycles. The number of nitrogens with one attached hydrogen (secondary N) is 2. The first kappa shape index (κ1) is 19.6. The summed E-state index contributed by atoms with van der Waals surface area (Å²) in [5, 5.41) is 5.25. The monoisotopic (exact) mass is 379 g/mol. The highest BCUT2D eigenvalue weighted by Crippen LogP contribution is 2.27. The van der Waals surface area contributed by atoms with Crippen molar-refractivity contribution in [1.29, 1.82) is 0 Å². The second-order valence-electron chi connectivity index (χ2n) is 7.29. The Morgan fingerprint density at radius 2 is 1.50 bits per heavy atom. The predicted octanol–water partition coefficient (Wildman–Crippen LogP) is 3.71. The first-order valence-corrected chi connectivity index (χ1v) is 9.45. The quantitative estimate of drug-likeness (QED) is 0.798. The van der Waals surface area contributed by atoms with E-state index in [4.69, 9.17) is 0 Å². The zero-order valence-corrected chi connectivity index (χ0v) is 16.5. The highest BCUT2D eigenvalue weighted by Gasteiger charge is 2.22. The molecule has 0 radical (unpaired) electrons. The maximum Gasteiger partial charge on any atom is 0.314 e. The summed E-state index contributed by atoms with van der Waals surface area (Å²) in [7, 11) is 0. The number of hydrogen-bond donors (Lipinski definition) is 2. The molecular formula is C22H25N3O3. The fourth-order valence-corrected chi connectivity index (χ4v) is 3.46. The van der Waals surface area contributed by atoms with E-state index in [9.17, 15) is 14.4 Å². The molecule has 3 amide bonds. The van der Waals surface area contributed by atoms with Crippen molar-refractivity contribution in [2.24, 2.45) is 0 Å². The van der Waals surface area contributed by atoms with Crippen LogP contribution in [0.1, 0.15) is 36.0 Å². The van der Waals surface area contributed by atoms with Crippen molar-refractivity contribution in [2.45, 2.75) is 40.0 Å². The zero-order chi connectivity index (χ0) is 20.3. The maximum absolute atomic E-state index is 12.3. The fraction of sp³-hybridized carbons (Fsp3) is 0.318. The molecule has 0 unspecified atom stereocenters. The van der Waals surface area contributed by atoms with E-state index < -0.39 is 11.8 Å². The van der Waals surface area contributed by atoms with Crippen LogP contribution in [0.5, 0.6) is 0 Å². The third-order valence-electron chi connectivity index (χ3n) is 4.77. The summed E-state index contributed by atoms with van der Waals surface area (Å²) in [5.74, 6) is -1.40. The lowest BCUT2D eigenvalue weighted by molar-refractivity contribution is -0.132. The molecule has 0 aromatic heterocycles. The van der Waals surface area contributed by atoms with Crippen LogP contribution in [0.15, 0.2) is 36.4 Å². The number of rotatable bonds is 3. The molecule has 6 heteroatoms. The molecule has 1 aliphatic heterocycles. The van der Waals surface area contributed by atoms with Crippen molar-refractivity contribution in [1.82, 2.24) is 0 Å². The Kier molecular flexibility index (Phi) is 5.78. The highest BCUT2D eigenvalue weighted by molar-refractivity contribution is 6.43. The molecule has 2 N–H and O–H groups in total. The Balaban J connectivity index is 1.72. The Hall–Kier alpha value is -3.15. The molecule has 1 heterocycles. The summed E-state index contributed by atoms with van der Waals surface area (Å²) in [4.78, 5) is 38.6. The summed E-state index contributed by atoms with van der Waals surface area (Å²) in [6, 6.07) is 10.9. The Morgan fingerprint density at radius 1 is 0.857 bits per heavy atom. The van der Waals surface area contributed by atoms with Gasteiger partial charge in [0, 0.05) is 30.0 Å². The van der Waals surface area contributed by atoms with E-state index in [1.807, 2.05) is 45.0 Å². The highest BCUT2D eigenvalue weighted by atomic mass is 16.2. The van der Waals surface area contributed by atoms with E-state index >= 15 is 0 Å². The van der Waals surface area contributed by atoms with E-state index in [-0.39, 0.29) is 5.91 Å². The third kappa shape index (κ3) is 4.57. The number of hydrogen-bond acceptors (Lipinski definition) is 3. The molecule has 0 spiro atoms. The molecule has 1 aliphatic rings. The van der Waals surface area contributed by atoms with Gasteiger partial charge in [-0.1, -0.05) is 12.1 Å². The molecule has 2 aromatic carbocycles. The Bertz CT molecular complexity index is 916. The lowest BCUT2D eigenvalue weighted by atomic mass is 10.1. The lowest BCUT2D eigenvalue weighted by Gasteiger charge is -2.28. The van der Waals surface area contributed by atoms with E-state index in [2.05, 4.69) is 10.6 Å². The van der Waals surface area contributed by atoms with Crippen LogP contribution in [0.4, 0.5) is 17.1 Å². The van der Waals surface area contributed by atoms with Crippen molar-refractivity contribution in [3.8, 4) is 0 Å². The summed E-state index contributed by atoms with van der Waals surface area (Å²) in [5.41, 5.74) is 4.81. The molecule has 2 aromatic rings. The van der Waals surface area contributed by atoms with Crippen LogP contribution >= 0.6 is 0 Å². The number of piperidine rings is 1. The largest absolute Gasteiger partial charge is 0.318 e. The van der Waals surface area contributed by atoms with Gasteiger partial charge in [0.15, 0.2) is 0 Å². The number of carbonyl (C=O) groups excluding carboxylic acids is 3. The van der Waals surface area contributed by atoms with Gasteiger partial charge >= 0.3 is 11.8 Å². The number of carbonyl (C=O) groups is 3. The summed E-state index contributed by atoms with van der Waals surface area (Å²) in [6.45, 7) is 6.46. The smallest absolute Gasteiger partial charge is 0.314 e. The Labute approximate surface area is 164 Å². The molecule has 0 atom stereocenters. The van der Waals surface area contributed by atoms with Crippen molar-refractivity contribution in [3.05, 3.63) is 53.1 Å². The normalized spacial score (nSPS) is 14.0. The fourth-order valence-electron chi connectivity index (χ4n) is 3.46. The molecule has 0 aliphatic carbocycles. The number of anilines is 3. The van der Waals surface area contributed by atoms with E-state index in [0.717, 1.165) is 35.2 Å². The summed E-state index contributed by atoms with van der Waals surface area (Å²) < 4.78 is 0. The van der Waals surface area contributed by atoms with Crippen LogP contribution in [0.3, 0.4) is 0 Å². The topological polar surface area (TPSA) is 78.5 Å². The van der Waals surface area contributed by atoms with Crippen molar-refractivity contribution >= 4 is 34.8 Å². The SMILES string of the molecule is Cc1cc(C)cc(NC(=O)C(=O)Nc2ccc(C)c(N3CCCCC3=O)c2)c1. The van der Waals surface area contributed by atoms with E-state index in [1.54, 1.807) is 17.0 Å². The number of amides is 3. The van der Waals surface area contributed by atoms with Gasteiger partial charge in [-0.2, -0.15) is 0 Å². The van der Waals surface area contributed by atoms with Gasteiger partial charge in [0.05, 0.1) is 0 Å². The van der Waals surface area contributed by atoms with Gasteiger partial charge in [0.25, 0.3) is 0 Å². The minimum Gasteiger partial charge on any atom is -0.318 e. The molecule has 1 saturated heterocycles. The molecule has 28 heavy (non-hydrogen) atoms. The standard InChI is InChI=1S/C22H25N3O3/c1-14-10-15(2)12-18(11-14)24-22(28)21(27)23-17-8-7-16(3)19(13-17)25-9-5-4-6-20(25)26/h7-8,10-13H,4-6,9H2,1-3H3,(H,23,27)(H,24,28). The van der Waals surface area contributed by atoms with Crippen LogP contribution in [-0.2, 0) is 14.4 Å². The van der Waals surface area contributed by atoms with Crippen LogP contribution in [-0.4, -0.2) is 24.3 Å². The van der Waals surface area contributed by atoms with E-state index in [0.29, 0.717) is 24.3 Å². The average molecular weight is 379 g/mol. The minimum absolute atomic E-state index is 0.0883. The second-order valence-corrected chi connectivity index (χ2v) is 7.29. The number of benzene rings is 2. The van der Waals surface area contributed by atoms with Gasteiger partial charge in [-0.15, -0.1) is 0 Å². The van der Waals surface area contributed by atoms with Crippen LogP contribution in [0.2, 0.25) is 0 Å². The van der Waals surface area contributed by atoms with Gasteiger partial charge in [-0.3, -0.25) is 14.4 Å². The molecule has 1 fully saturated rings. The van der Waals surface area contributed by atoms with Gasteiger partial charge < -0.3 is 15.5 Å². The second kappa shape index (κ2) is 8.25. The average Bonchev–Trinajstić information content (AvgIpc) is 2.63. The third-order valence-corrected chi connectivity index (χ3v) is 4.77. The van der Waals surface area contributed by atoms with Crippen molar-refractivity contribution in [3.63, 3.8) is 0 Å². The van der Waals surface area contributed by atoms with Crippen molar-refractivity contribution in [2.75, 3.05) is 22.1 Å². The first-order chi connectivity index (χ1) is 13.3. The molecule has 0 bridgehead atoms. The van der Waals surface area contributed by atoms with Crippen LogP contribution in [0, 0.1) is 20.8 Å². The number of nitrogens with zero attached hydrogens (tertiary/aromatic N) is 1. The van der Waals surface area contributed by atoms with E-state index in [1.165, 1.54) is 0 Å². The predicted molar refractivity (Wildman–Crippen MR) is 111 cm³/mol. The zero-order valence-electron chi connectivity index (χ0n) is 16.5. The van der Waals surface area contributed by atoms with Gasteiger partial charge in [0.1, 0.15) is 0 Å². The summed E-state index contributed by atoms with van der Waals surface area (Å²) >= 11 is 0. The summed E-state index contributed by atoms with van der Waals surface area (Å²) in [6.07, 6.45) is 2.40. The van der Waals surface area contributed by atoms with Crippen LogP contribution < -0.4 is 15.5 Å². The van der Waals surface area contributed by atoms with Gasteiger partial charge in [-0.25, -0.2) is 0 Å². The van der Waals surface area contributed by atoms with Gasteiger partial charge in [0.2, 0.25) is 5.91 Å². The molecule has 6 nitrogen and oxygen atoms in total. The van der Waals surface area contributed by atoms with Crippen LogP contribution in [0.25, 0.3) is 0 Å². The molecule has 3 rings (SSSR count). The minimum atomic E-state index is -0.751. The lowest BCUT2D eigenvalue weighted by Crippen LogP contribution is -2.35. The number of aryl methyl sites for hydroxylation is 3.